The molecule has 0 aromatic rings. The molecular weight excluding hydrogens is 282 g/mol. The molecule has 0 aliphatic rings. The average Bonchev–Trinajstić information content (AvgIpc) is 2.53. The molecule has 1 atom stereocenters. The molecule has 5 nitrogen and oxygen atoms in total. The predicted molar refractivity (Wildman–Crippen MR) is 83.9 cm³/mol. The molecule has 1 unspecified atom stereocenters. The number of unbranched alkanes of at least 4 members (excludes halogenated alkanes) is 3. The molecule has 0 aliphatic carbocycles. The monoisotopic (exact) mass is 311 g/mol. The summed E-state index contributed by atoms with van der Waals surface area (Å²) < 4.78 is 10.2. The first kappa shape index (κ1) is 20.4. The normalized spacial score (nSPS) is 13.0. The van der Waals surface area contributed by atoms with E-state index >= 15 is 0 Å². The second kappa shape index (κ2) is 12.0. The Morgan fingerprint density at radius 1 is 0.955 bits per heavy atom. The van der Waals surface area contributed by atoms with Crippen LogP contribution < -0.4 is 0 Å². The zero-order valence-corrected chi connectivity index (χ0v) is 14.2. The molecule has 0 radical (unpaired) electrons. The Kier molecular flexibility index (Phi) is 11.2. The largest absolute Gasteiger partial charge is 0.466 e. The molecule has 0 aromatic carbocycles. The molecule has 0 fully saturated rings. The van der Waals surface area contributed by atoms with Gasteiger partial charge in [-0.15, -0.1) is 0 Å². The lowest BCUT2D eigenvalue weighted by atomic mass is 9.80. The Balaban J connectivity index is 4.86. The molecule has 0 rings (SSSR count). The van der Waals surface area contributed by atoms with Gasteiger partial charge in [0.25, 0.3) is 0 Å². The highest BCUT2D eigenvalue weighted by molar-refractivity contribution is 5.86. The van der Waals surface area contributed by atoms with E-state index in [0.29, 0.717) is 25.9 Å². The lowest BCUT2D eigenvalue weighted by Gasteiger charge is -2.23. The molecule has 0 amide bonds. The quantitative estimate of drug-likeness (QED) is 0.405. The number of hydrogen-bond acceptors (Lipinski definition) is 5. The third-order valence-corrected chi connectivity index (χ3v) is 3.41. The minimum absolute atomic E-state index is 0.224. The van der Waals surface area contributed by atoms with Gasteiger partial charge in [0.1, 0.15) is 0 Å². The first-order valence-corrected chi connectivity index (χ1v) is 8.30. The van der Waals surface area contributed by atoms with E-state index in [2.05, 4.69) is 6.92 Å². The van der Waals surface area contributed by atoms with Crippen LogP contribution in [0.2, 0.25) is 0 Å². The highest BCUT2D eigenvalue weighted by Gasteiger charge is 2.42. The highest BCUT2D eigenvalue weighted by atomic mass is 16.5. The number of rotatable bonds is 12. The van der Waals surface area contributed by atoms with Gasteiger partial charge in [0.05, 0.1) is 25.7 Å². The summed E-state index contributed by atoms with van der Waals surface area (Å²) in [6, 6.07) is 2.03. The van der Waals surface area contributed by atoms with Crippen molar-refractivity contribution < 1.29 is 19.1 Å². The number of esters is 2. The van der Waals surface area contributed by atoms with Gasteiger partial charge >= 0.3 is 11.9 Å². The van der Waals surface area contributed by atoms with E-state index in [0.717, 1.165) is 25.7 Å². The van der Waals surface area contributed by atoms with E-state index in [4.69, 9.17) is 9.47 Å². The Morgan fingerprint density at radius 2 is 1.59 bits per heavy atom. The fourth-order valence-electron chi connectivity index (χ4n) is 2.10. The summed E-state index contributed by atoms with van der Waals surface area (Å²) in [5.74, 6) is -1.10. The van der Waals surface area contributed by atoms with Gasteiger partial charge in [-0.05, 0) is 19.3 Å². The van der Waals surface area contributed by atoms with Gasteiger partial charge in [0.15, 0.2) is 5.41 Å². The molecule has 0 N–H and O–H groups in total. The summed E-state index contributed by atoms with van der Waals surface area (Å²) in [5.41, 5.74) is -1.41. The fraction of sp³-hybridized carbons (Fsp3) is 0.824. The summed E-state index contributed by atoms with van der Waals surface area (Å²) in [4.78, 5) is 24.1. The van der Waals surface area contributed by atoms with Crippen molar-refractivity contribution in [3.05, 3.63) is 0 Å². The summed E-state index contributed by atoms with van der Waals surface area (Å²) in [5, 5.41) is 9.52. The molecule has 0 spiro atoms. The standard InChI is InChI=1S/C17H29NO4/c1-4-7-8-9-10-17(14-18,16(20)22-12-6-3)13-15(19)21-11-5-2/h4-13H2,1-3H3. The van der Waals surface area contributed by atoms with Crippen LogP contribution in [0, 0.1) is 16.7 Å². The van der Waals surface area contributed by atoms with Gasteiger partial charge in [-0.1, -0.05) is 46.5 Å². The van der Waals surface area contributed by atoms with Crippen molar-refractivity contribution in [2.75, 3.05) is 13.2 Å². The van der Waals surface area contributed by atoms with Crippen molar-refractivity contribution in [3.8, 4) is 6.07 Å². The zero-order valence-electron chi connectivity index (χ0n) is 14.2. The lowest BCUT2D eigenvalue weighted by molar-refractivity contribution is -0.159. The van der Waals surface area contributed by atoms with Crippen molar-refractivity contribution in [1.29, 1.82) is 5.26 Å². The molecule has 0 saturated carbocycles. The van der Waals surface area contributed by atoms with E-state index in [1.807, 2.05) is 19.9 Å². The van der Waals surface area contributed by atoms with Crippen molar-refractivity contribution in [3.63, 3.8) is 0 Å². The number of nitriles is 1. The minimum atomic E-state index is -1.41. The topological polar surface area (TPSA) is 76.4 Å². The van der Waals surface area contributed by atoms with Crippen LogP contribution in [0.15, 0.2) is 0 Å². The number of ether oxygens (including phenoxy) is 2. The molecule has 22 heavy (non-hydrogen) atoms. The molecule has 0 saturated heterocycles. The van der Waals surface area contributed by atoms with Crippen LogP contribution in [-0.4, -0.2) is 25.2 Å². The third-order valence-electron chi connectivity index (χ3n) is 3.41. The average molecular weight is 311 g/mol. The first-order chi connectivity index (χ1) is 10.6. The molecule has 0 bridgehead atoms. The summed E-state index contributed by atoms with van der Waals surface area (Å²) >= 11 is 0. The van der Waals surface area contributed by atoms with Crippen molar-refractivity contribution in [2.24, 2.45) is 5.41 Å². The molecule has 0 aromatic heterocycles. The van der Waals surface area contributed by atoms with Crippen molar-refractivity contribution >= 4 is 11.9 Å². The van der Waals surface area contributed by atoms with Gasteiger partial charge in [0.2, 0.25) is 0 Å². The maximum atomic E-state index is 12.3. The molecule has 0 heterocycles. The second-order valence-electron chi connectivity index (χ2n) is 5.54. The zero-order chi connectivity index (χ0) is 16.8. The summed E-state index contributed by atoms with van der Waals surface area (Å²) in [6.07, 6.45) is 5.29. The Bertz CT molecular complexity index is 375. The van der Waals surface area contributed by atoms with Gasteiger partial charge < -0.3 is 9.47 Å². The Hall–Kier alpha value is -1.57. The Morgan fingerprint density at radius 3 is 2.14 bits per heavy atom. The van der Waals surface area contributed by atoms with Crippen molar-refractivity contribution in [2.45, 2.75) is 72.1 Å². The van der Waals surface area contributed by atoms with E-state index < -0.39 is 17.4 Å². The smallest absolute Gasteiger partial charge is 0.327 e. The Labute approximate surface area is 134 Å². The fourth-order valence-corrected chi connectivity index (χ4v) is 2.10. The third kappa shape index (κ3) is 7.44. The van der Waals surface area contributed by atoms with Gasteiger partial charge in [0, 0.05) is 0 Å². The van der Waals surface area contributed by atoms with E-state index in [-0.39, 0.29) is 13.0 Å². The number of nitrogens with zero attached hydrogens (tertiary/aromatic N) is 1. The molecule has 126 valence electrons. The highest BCUT2D eigenvalue weighted by Crippen LogP contribution is 2.31. The number of carbonyl (C=O) groups excluding carboxylic acids is 2. The van der Waals surface area contributed by atoms with Gasteiger partial charge in [-0.2, -0.15) is 5.26 Å². The molecule has 0 aliphatic heterocycles. The molecule has 5 heteroatoms. The molecular formula is C17H29NO4. The maximum Gasteiger partial charge on any atom is 0.327 e. The predicted octanol–water partition coefficient (Wildman–Crippen LogP) is 3.76. The van der Waals surface area contributed by atoms with E-state index in [9.17, 15) is 14.9 Å². The minimum Gasteiger partial charge on any atom is -0.466 e. The van der Waals surface area contributed by atoms with Crippen LogP contribution in [0.4, 0.5) is 0 Å². The number of carbonyl (C=O) groups is 2. The van der Waals surface area contributed by atoms with Crippen LogP contribution in [-0.2, 0) is 19.1 Å². The lowest BCUT2D eigenvalue weighted by Crippen LogP contribution is -2.35. The van der Waals surface area contributed by atoms with Crippen LogP contribution in [0.1, 0.15) is 72.1 Å². The maximum absolute atomic E-state index is 12.3. The number of hydrogen-bond donors (Lipinski definition) is 0. The SMILES string of the molecule is CCCCCCC(C#N)(CC(=O)OCCC)C(=O)OCCC. The first-order valence-electron chi connectivity index (χ1n) is 8.30. The van der Waals surface area contributed by atoms with E-state index in [1.165, 1.54) is 0 Å². The van der Waals surface area contributed by atoms with Gasteiger partial charge in [-0.3, -0.25) is 9.59 Å². The van der Waals surface area contributed by atoms with E-state index in [1.54, 1.807) is 0 Å². The van der Waals surface area contributed by atoms with Crippen LogP contribution in [0.5, 0.6) is 0 Å². The van der Waals surface area contributed by atoms with Crippen molar-refractivity contribution in [1.82, 2.24) is 0 Å². The summed E-state index contributed by atoms with van der Waals surface area (Å²) in [6.45, 7) is 6.44. The second-order valence-corrected chi connectivity index (χ2v) is 5.54. The van der Waals surface area contributed by atoms with Crippen LogP contribution >= 0.6 is 0 Å². The van der Waals surface area contributed by atoms with Crippen LogP contribution in [0.3, 0.4) is 0 Å². The summed E-state index contributed by atoms with van der Waals surface area (Å²) in [7, 11) is 0. The van der Waals surface area contributed by atoms with Crippen LogP contribution in [0.25, 0.3) is 0 Å². The van der Waals surface area contributed by atoms with Gasteiger partial charge in [-0.25, -0.2) is 0 Å².